The van der Waals surface area contributed by atoms with Gasteiger partial charge in [-0.05, 0) is 42.1 Å². The average Bonchev–Trinajstić information content (AvgIpc) is 2.73. The van der Waals surface area contributed by atoms with E-state index in [2.05, 4.69) is 0 Å². The Morgan fingerprint density at radius 2 is 1.65 bits per heavy atom. The van der Waals surface area contributed by atoms with Crippen molar-refractivity contribution in [3.63, 3.8) is 0 Å². The maximum Gasteiger partial charge on any atom is 0.446 e. The number of hydrogen-bond acceptors (Lipinski definition) is 6. The quantitative estimate of drug-likeness (QED) is 0.374. The Labute approximate surface area is 179 Å². The summed E-state index contributed by atoms with van der Waals surface area (Å²) < 4.78 is 63.9. The molecule has 166 valence electrons. The van der Waals surface area contributed by atoms with Crippen LogP contribution in [0.5, 0.6) is 0 Å². The summed E-state index contributed by atoms with van der Waals surface area (Å²) in [5.41, 5.74) is -4.57. The first-order chi connectivity index (χ1) is 14.5. The number of sulfonamides is 1. The van der Waals surface area contributed by atoms with Crippen LogP contribution in [0.4, 0.5) is 18.9 Å². The molecule has 31 heavy (non-hydrogen) atoms. The van der Waals surface area contributed by atoms with Crippen molar-refractivity contribution in [1.29, 1.82) is 0 Å². The minimum atomic E-state index is -4.42. The number of amides is 1. The zero-order valence-corrected chi connectivity index (χ0v) is 17.4. The summed E-state index contributed by atoms with van der Waals surface area (Å²) in [4.78, 5) is 24.0. The minimum absolute atomic E-state index is 0.0151. The molecule has 0 atom stereocenters. The summed E-state index contributed by atoms with van der Waals surface area (Å²) in [7, 11) is -3.97. The zero-order valence-electron chi connectivity index (χ0n) is 15.8. The lowest BCUT2D eigenvalue weighted by molar-refractivity contribution is -0.385. The molecular formula is C18H16F3N3O5S2. The number of rotatable bonds is 5. The van der Waals surface area contributed by atoms with Crippen LogP contribution in [-0.2, 0) is 10.0 Å². The number of carbonyl (C=O) groups excluding carboxylic acids is 1. The van der Waals surface area contributed by atoms with Crippen molar-refractivity contribution in [1.82, 2.24) is 9.21 Å². The van der Waals surface area contributed by atoms with Crippen molar-refractivity contribution < 1.29 is 31.3 Å². The fourth-order valence-electron chi connectivity index (χ4n) is 3.02. The number of benzene rings is 2. The lowest BCUT2D eigenvalue weighted by Crippen LogP contribution is -2.50. The van der Waals surface area contributed by atoms with Crippen molar-refractivity contribution in [2.45, 2.75) is 15.3 Å². The van der Waals surface area contributed by atoms with E-state index in [1.807, 2.05) is 0 Å². The van der Waals surface area contributed by atoms with Crippen LogP contribution in [0.15, 0.2) is 58.3 Å². The van der Waals surface area contributed by atoms with Crippen molar-refractivity contribution >= 4 is 33.4 Å². The van der Waals surface area contributed by atoms with E-state index in [1.165, 1.54) is 47.4 Å². The Hall–Kier alpha value is -2.64. The Morgan fingerprint density at radius 1 is 1.03 bits per heavy atom. The maximum absolute atomic E-state index is 12.8. The van der Waals surface area contributed by atoms with E-state index >= 15 is 0 Å². The van der Waals surface area contributed by atoms with Crippen LogP contribution in [-0.4, -0.2) is 60.1 Å². The van der Waals surface area contributed by atoms with Crippen molar-refractivity contribution in [2.75, 3.05) is 26.2 Å². The average molecular weight is 475 g/mol. The van der Waals surface area contributed by atoms with Gasteiger partial charge >= 0.3 is 5.51 Å². The van der Waals surface area contributed by atoms with Crippen LogP contribution < -0.4 is 0 Å². The van der Waals surface area contributed by atoms with E-state index < -0.39 is 26.4 Å². The third-order valence-corrected chi connectivity index (χ3v) is 7.16. The fourth-order valence-corrected chi connectivity index (χ4v) is 5.02. The number of thioether (sulfide) groups is 1. The third kappa shape index (κ3) is 5.54. The van der Waals surface area contributed by atoms with Crippen LogP contribution in [0.3, 0.4) is 0 Å². The smallest absolute Gasteiger partial charge is 0.336 e. The lowest BCUT2D eigenvalue weighted by atomic mass is 10.2. The van der Waals surface area contributed by atoms with Gasteiger partial charge in [0.15, 0.2) is 0 Å². The van der Waals surface area contributed by atoms with Crippen molar-refractivity contribution in [2.24, 2.45) is 0 Å². The highest BCUT2D eigenvalue weighted by molar-refractivity contribution is 8.00. The second-order valence-electron chi connectivity index (χ2n) is 6.52. The van der Waals surface area contributed by atoms with E-state index in [1.54, 1.807) is 0 Å². The van der Waals surface area contributed by atoms with Crippen LogP contribution in [0.1, 0.15) is 10.4 Å². The number of non-ortho nitro benzene ring substituents is 1. The number of carbonyl (C=O) groups is 1. The molecule has 8 nitrogen and oxygen atoms in total. The van der Waals surface area contributed by atoms with E-state index in [4.69, 9.17) is 0 Å². The largest absolute Gasteiger partial charge is 0.446 e. The van der Waals surface area contributed by atoms with Crippen LogP contribution in [0, 0.1) is 10.1 Å². The first kappa shape index (κ1) is 23.0. The van der Waals surface area contributed by atoms with Gasteiger partial charge in [0.2, 0.25) is 10.0 Å². The highest BCUT2D eigenvalue weighted by atomic mass is 32.2. The first-order valence-corrected chi connectivity index (χ1v) is 11.1. The molecule has 1 aliphatic rings. The Kier molecular flexibility index (Phi) is 6.57. The van der Waals surface area contributed by atoms with Gasteiger partial charge in [-0.1, -0.05) is 6.07 Å². The van der Waals surface area contributed by atoms with Gasteiger partial charge in [0.25, 0.3) is 11.6 Å². The number of nitro benzene ring substituents is 1. The van der Waals surface area contributed by atoms with Gasteiger partial charge in [-0.25, -0.2) is 8.42 Å². The lowest BCUT2D eigenvalue weighted by Gasteiger charge is -2.34. The molecule has 0 bridgehead atoms. The second-order valence-corrected chi connectivity index (χ2v) is 9.60. The van der Waals surface area contributed by atoms with Gasteiger partial charge in [0.1, 0.15) is 0 Å². The fraction of sp³-hybridized carbons (Fsp3) is 0.278. The predicted octanol–water partition coefficient (Wildman–Crippen LogP) is 3.35. The highest BCUT2D eigenvalue weighted by Gasteiger charge is 2.32. The van der Waals surface area contributed by atoms with E-state index in [0.717, 1.165) is 10.4 Å². The van der Waals surface area contributed by atoms with Gasteiger partial charge in [-0.3, -0.25) is 14.9 Å². The van der Waals surface area contributed by atoms with E-state index in [0.29, 0.717) is 0 Å². The molecule has 0 aliphatic carbocycles. The van der Waals surface area contributed by atoms with Crippen LogP contribution in [0.2, 0.25) is 0 Å². The number of piperazine rings is 1. The number of nitro groups is 1. The molecule has 0 aromatic heterocycles. The Bertz CT molecular complexity index is 1080. The van der Waals surface area contributed by atoms with E-state index in [9.17, 15) is 36.5 Å². The predicted molar refractivity (Wildman–Crippen MR) is 106 cm³/mol. The molecule has 0 spiro atoms. The molecule has 2 aromatic rings. The van der Waals surface area contributed by atoms with Crippen molar-refractivity contribution in [3.05, 3.63) is 64.2 Å². The number of nitrogens with zero attached hydrogens (tertiary/aromatic N) is 3. The molecule has 0 N–H and O–H groups in total. The molecule has 1 heterocycles. The topological polar surface area (TPSA) is 101 Å². The summed E-state index contributed by atoms with van der Waals surface area (Å²) in [5.74, 6) is -0.420. The summed E-state index contributed by atoms with van der Waals surface area (Å²) in [6.07, 6.45) is 0. The monoisotopic (exact) mass is 475 g/mol. The highest BCUT2D eigenvalue weighted by Crippen LogP contribution is 2.36. The summed E-state index contributed by atoms with van der Waals surface area (Å²) in [6, 6.07) is 9.71. The second kappa shape index (κ2) is 8.85. The summed E-state index contributed by atoms with van der Waals surface area (Å²) in [5, 5.41) is 10.9. The molecule has 1 aliphatic heterocycles. The van der Waals surface area contributed by atoms with Gasteiger partial charge in [0, 0.05) is 48.8 Å². The van der Waals surface area contributed by atoms with Crippen molar-refractivity contribution in [3.8, 4) is 0 Å². The Morgan fingerprint density at radius 3 is 2.19 bits per heavy atom. The van der Waals surface area contributed by atoms with Crippen LogP contribution in [0.25, 0.3) is 0 Å². The number of alkyl halides is 3. The molecule has 0 unspecified atom stereocenters. The number of hydrogen-bond donors (Lipinski definition) is 0. The van der Waals surface area contributed by atoms with Gasteiger partial charge in [-0.15, -0.1) is 0 Å². The normalized spacial score (nSPS) is 15.6. The molecule has 0 radical (unpaired) electrons. The molecule has 0 saturated carbocycles. The van der Waals surface area contributed by atoms with E-state index in [-0.39, 0.29) is 59.0 Å². The van der Waals surface area contributed by atoms with Gasteiger partial charge in [-0.2, -0.15) is 17.5 Å². The molecule has 1 amide bonds. The minimum Gasteiger partial charge on any atom is -0.336 e. The summed E-state index contributed by atoms with van der Waals surface area (Å²) >= 11 is -0.280. The van der Waals surface area contributed by atoms with Crippen LogP contribution >= 0.6 is 11.8 Å². The molecule has 1 fully saturated rings. The zero-order chi connectivity index (χ0) is 22.8. The number of halogens is 3. The molecule has 1 saturated heterocycles. The molecule has 2 aromatic carbocycles. The molecule has 3 rings (SSSR count). The standard InChI is InChI=1S/C18H16F3N3O5S2/c19-18(20,21)30-15-6-4-13(5-7-15)17(25)22-8-10-23(11-9-22)31(28,29)16-3-1-2-14(12-16)24(26)27/h1-7,12H,8-11H2. The SMILES string of the molecule is O=C(c1ccc(SC(F)(F)F)cc1)N1CCN(S(=O)(=O)c2cccc([N+](=O)[O-])c2)CC1. The molecular weight excluding hydrogens is 459 g/mol. The summed E-state index contributed by atoms with van der Waals surface area (Å²) in [6.45, 7) is 0.121. The molecule has 13 heteroatoms. The van der Waals surface area contributed by atoms with Gasteiger partial charge < -0.3 is 4.90 Å². The Balaban J connectivity index is 1.65. The maximum atomic E-state index is 12.8. The first-order valence-electron chi connectivity index (χ1n) is 8.87. The van der Waals surface area contributed by atoms with Gasteiger partial charge in [0.05, 0.1) is 9.82 Å². The third-order valence-electron chi connectivity index (χ3n) is 4.53.